The molecule has 27 rings (SSSR count). The zero-order chi connectivity index (χ0) is 94.9. The molecule has 0 aliphatic rings. The highest BCUT2D eigenvalue weighted by Gasteiger charge is 2.25. The molecule has 668 valence electrons. The van der Waals surface area contributed by atoms with E-state index in [9.17, 15) is 0 Å². The van der Waals surface area contributed by atoms with Gasteiger partial charge in [-0.25, -0.2) is 4.98 Å². The van der Waals surface area contributed by atoms with Crippen molar-refractivity contribution in [3.8, 4) is 162 Å². The highest BCUT2D eigenvalue weighted by Crippen LogP contribution is 2.51. The number of hydrogen-bond donors (Lipinski definition) is 0. The molecule has 0 aliphatic carbocycles. The van der Waals surface area contributed by atoms with Crippen LogP contribution < -0.4 is 0 Å². The Hall–Kier alpha value is -19.1. The Morgan fingerprint density at radius 2 is 0.469 bits per heavy atom. The van der Waals surface area contributed by atoms with Crippen LogP contribution in [0.4, 0.5) is 0 Å². The summed E-state index contributed by atoms with van der Waals surface area (Å²) < 4.78 is 2.26. The minimum absolute atomic E-state index is 0.860. The van der Waals surface area contributed by atoms with Gasteiger partial charge in [-0.2, -0.15) is 0 Å². The maximum absolute atomic E-state index is 5.12. The van der Waals surface area contributed by atoms with Crippen LogP contribution in [0.5, 0.6) is 0 Å². The second kappa shape index (κ2) is 37.8. The Bertz CT molecular complexity index is 9450. The van der Waals surface area contributed by atoms with Gasteiger partial charge in [0.1, 0.15) is 5.82 Å². The summed E-state index contributed by atoms with van der Waals surface area (Å²) >= 11 is 0. The molecular weight excluding hydrogens is 1730 g/mol. The zero-order valence-corrected chi connectivity index (χ0v) is 78.0. The Morgan fingerprint density at radius 1 is 0.154 bits per heavy atom. The quantitative estimate of drug-likeness (QED) is 0.0951. The maximum atomic E-state index is 5.12. The Labute approximate surface area is 828 Å². The molecule has 0 bridgehead atoms. The molecule has 0 unspecified atom stereocenters. The Balaban J connectivity index is 0.000000114. The van der Waals surface area contributed by atoms with E-state index in [2.05, 4.69) is 486 Å². The number of fused-ring (bicyclic) bond motifs is 9. The third-order valence-electron chi connectivity index (χ3n) is 27.9. The molecule has 0 saturated heterocycles. The van der Waals surface area contributed by atoms with Gasteiger partial charge in [-0.1, -0.05) is 376 Å². The molecule has 6 heterocycles. The summed E-state index contributed by atoms with van der Waals surface area (Å²) in [5.74, 6) is 0.933. The van der Waals surface area contributed by atoms with Gasteiger partial charge in [0.05, 0.1) is 28.1 Å². The smallest absolute Gasteiger partial charge is 0.145 e. The van der Waals surface area contributed by atoms with Crippen LogP contribution >= 0.6 is 0 Å². The Morgan fingerprint density at radius 3 is 0.930 bits per heavy atom. The average Bonchev–Trinajstić information content (AvgIpc) is 1.12. The van der Waals surface area contributed by atoms with E-state index in [1.54, 1.807) is 6.20 Å². The third-order valence-corrected chi connectivity index (χ3v) is 27.9. The lowest BCUT2D eigenvalue weighted by molar-refractivity contribution is 1.10. The highest BCUT2D eigenvalue weighted by molar-refractivity contribution is 6.26. The molecule has 7 nitrogen and oxygen atoms in total. The lowest BCUT2D eigenvalue weighted by Crippen LogP contribution is -1.97. The number of rotatable bonds is 15. The van der Waals surface area contributed by atoms with Crippen LogP contribution in [0.25, 0.3) is 259 Å². The molecular formula is C136H89N7. The SMILES string of the molecule is c1ccc(-c2ccc3c(-c4ccc(-c5ccccn5)nc4)c4ccccc4c(-c4ccc(-c5ccccn5)cc4)c3c2)cc1.c1ccc(-c2ccc3c(-c4cccc(-c5ccncc5)c4)c4ccccc4c(-c4cccc(-c5ccncc5)c4)c3c2)cc1.c1ccc(-n2c(-c3ccc(-c4ccc5c(-c6ccc7ccccc7c6)c6ccccc6c(-c6ccc7ccccc7c6)c5c4)cc3)nc3ccccc32)cc1. The number of aromatic nitrogens is 7. The van der Waals surface area contributed by atoms with Gasteiger partial charge in [0.15, 0.2) is 0 Å². The predicted molar refractivity (Wildman–Crippen MR) is 599 cm³/mol. The molecule has 0 atom stereocenters. The summed E-state index contributed by atoms with van der Waals surface area (Å²) in [6, 6.07) is 179. The lowest BCUT2D eigenvalue weighted by Gasteiger charge is -2.19. The summed E-state index contributed by atoms with van der Waals surface area (Å²) in [4.78, 5) is 27.5. The van der Waals surface area contributed by atoms with Crippen molar-refractivity contribution in [1.29, 1.82) is 0 Å². The van der Waals surface area contributed by atoms with Crippen molar-refractivity contribution in [2.24, 2.45) is 0 Å². The molecule has 0 N–H and O–H groups in total. The van der Waals surface area contributed by atoms with Crippen molar-refractivity contribution in [1.82, 2.24) is 34.5 Å². The lowest BCUT2D eigenvalue weighted by atomic mass is 9.84. The number of benzene rings is 21. The summed E-state index contributed by atoms with van der Waals surface area (Å²) in [6.07, 6.45) is 13.0. The minimum atomic E-state index is 0.860. The number of nitrogens with zero attached hydrogens (tertiary/aromatic N) is 7. The van der Waals surface area contributed by atoms with E-state index in [0.717, 1.165) is 73.0 Å². The molecule has 7 heteroatoms. The molecule has 0 saturated carbocycles. The van der Waals surface area contributed by atoms with E-state index in [1.165, 1.54) is 186 Å². The van der Waals surface area contributed by atoms with Crippen LogP contribution in [0.2, 0.25) is 0 Å². The highest BCUT2D eigenvalue weighted by atomic mass is 15.1. The van der Waals surface area contributed by atoms with Crippen LogP contribution in [-0.2, 0) is 0 Å². The van der Waals surface area contributed by atoms with Crippen LogP contribution in [0.1, 0.15) is 0 Å². The van der Waals surface area contributed by atoms with Crippen molar-refractivity contribution < 1.29 is 0 Å². The molecule has 21 aromatic carbocycles. The van der Waals surface area contributed by atoms with Gasteiger partial charge in [0.2, 0.25) is 0 Å². The normalized spacial score (nSPS) is 11.4. The van der Waals surface area contributed by atoms with E-state index in [-0.39, 0.29) is 0 Å². The van der Waals surface area contributed by atoms with Gasteiger partial charge < -0.3 is 0 Å². The molecule has 0 spiro atoms. The predicted octanol–water partition coefficient (Wildman–Crippen LogP) is 35.9. The van der Waals surface area contributed by atoms with Gasteiger partial charge >= 0.3 is 0 Å². The fourth-order valence-electron chi connectivity index (χ4n) is 21.1. The molecule has 6 aromatic heterocycles. The van der Waals surface area contributed by atoms with E-state index in [4.69, 9.17) is 9.97 Å². The fourth-order valence-corrected chi connectivity index (χ4v) is 21.1. The van der Waals surface area contributed by atoms with Gasteiger partial charge in [-0.3, -0.25) is 29.5 Å². The molecule has 0 radical (unpaired) electrons. The summed E-state index contributed by atoms with van der Waals surface area (Å²) in [6.45, 7) is 0. The standard InChI is InChI=1S/C53H34N2.C42H28N2.C41H27N3/c1-2-16-44(17-3-1)55-50-21-11-10-20-49(50)54-53(55)38-26-22-37(23-27-38)41-30-31-47-48(34-41)52(43-29-25-36-13-5-7-15-40(36)33-43)46-19-9-8-18-45(46)51(47)42-28-24-35-12-4-6-14-39(35)32-42;1-2-8-29(9-3-1)34-16-17-39-40(28-34)42(36-13-7-11-33(27-36)31-20-24-44-25-21-31)38-15-5-4-14-37(38)41(39)35-12-6-10-32(26-35)30-18-22-43-23-19-30;1-2-10-28(11-3-1)31-20-22-35-36(26-31)40(30-18-16-29(17-19-30)37-14-6-8-24-42-37)33-12-4-5-13-34(33)41(35)32-21-23-39(44-27-32)38-15-7-9-25-43-38/h1-34H;1-28H;1-27H. The second-order valence-electron chi connectivity index (χ2n) is 36.3. The van der Waals surface area contributed by atoms with Crippen LogP contribution in [0, 0.1) is 0 Å². The van der Waals surface area contributed by atoms with Crippen LogP contribution in [-0.4, -0.2) is 34.5 Å². The van der Waals surface area contributed by atoms with E-state index >= 15 is 0 Å². The molecule has 0 amide bonds. The molecule has 0 fully saturated rings. The first-order valence-electron chi connectivity index (χ1n) is 48.5. The van der Waals surface area contributed by atoms with E-state index < -0.39 is 0 Å². The van der Waals surface area contributed by atoms with Gasteiger partial charge in [-0.05, 0) is 324 Å². The zero-order valence-electron chi connectivity index (χ0n) is 78.0. The first kappa shape index (κ1) is 85.6. The summed E-state index contributed by atoms with van der Waals surface area (Å²) in [5.41, 5.74) is 34.4. The van der Waals surface area contributed by atoms with Crippen molar-refractivity contribution in [3.05, 3.63) is 541 Å². The van der Waals surface area contributed by atoms with Crippen molar-refractivity contribution in [2.45, 2.75) is 0 Å². The van der Waals surface area contributed by atoms with Crippen LogP contribution in [0.3, 0.4) is 0 Å². The molecule has 0 aliphatic heterocycles. The second-order valence-corrected chi connectivity index (χ2v) is 36.3. The number of imidazole rings is 1. The third kappa shape index (κ3) is 16.5. The minimum Gasteiger partial charge on any atom is -0.292 e. The fraction of sp³-hybridized carbons (Fsp3) is 0. The summed E-state index contributed by atoms with van der Waals surface area (Å²) in [5, 5.41) is 19.7. The van der Waals surface area contributed by atoms with E-state index in [0.29, 0.717) is 0 Å². The summed E-state index contributed by atoms with van der Waals surface area (Å²) in [7, 11) is 0. The first-order valence-corrected chi connectivity index (χ1v) is 48.5. The van der Waals surface area contributed by atoms with Gasteiger partial charge in [0.25, 0.3) is 0 Å². The van der Waals surface area contributed by atoms with E-state index in [1.807, 2.05) is 73.6 Å². The van der Waals surface area contributed by atoms with Crippen molar-refractivity contribution in [3.63, 3.8) is 0 Å². The topological polar surface area (TPSA) is 82.3 Å². The molecule has 27 aromatic rings. The number of para-hydroxylation sites is 3. The van der Waals surface area contributed by atoms with Gasteiger partial charge in [0, 0.05) is 65.8 Å². The largest absolute Gasteiger partial charge is 0.292 e. The first-order chi connectivity index (χ1) is 70.9. The van der Waals surface area contributed by atoms with Crippen molar-refractivity contribution in [2.75, 3.05) is 0 Å². The maximum Gasteiger partial charge on any atom is 0.145 e. The molecule has 143 heavy (non-hydrogen) atoms. The van der Waals surface area contributed by atoms with Crippen molar-refractivity contribution >= 4 is 97.2 Å². The monoisotopic (exact) mass is 1820 g/mol. The van der Waals surface area contributed by atoms with Gasteiger partial charge in [-0.15, -0.1) is 0 Å². The number of pyridine rings is 5. The average molecular weight is 1820 g/mol. The Kier molecular flexibility index (Phi) is 22.6. The number of hydrogen-bond acceptors (Lipinski definition) is 6. The van der Waals surface area contributed by atoms with Crippen LogP contribution in [0.15, 0.2) is 541 Å².